The number of hydrogen-bond acceptors (Lipinski definition) is 4. The van der Waals surface area contributed by atoms with Crippen LogP contribution in [0.25, 0.3) is 0 Å². The molecule has 1 aromatic heterocycles. The molecule has 1 amide bonds. The Morgan fingerprint density at radius 3 is 2.78 bits per heavy atom. The van der Waals surface area contributed by atoms with Crippen molar-refractivity contribution in [3.8, 4) is 0 Å². The summed E-state index contributed by atoms with van der Waals surface area (Å²) in [5.41, 5.74) is 6.70. The summed E-state index contributed by atoms with van der Waals surface area (Å²) in [6, 6.07) is 0.0901. The second-order valence-corrected chi connectivity index (χ2v) is 4.35. The van der Waals surface area contributed by atoms with E-state index < -0.39 is 0 Å². The molecule has 0 aliphatic heterocycles. The van der Waals surface area contributed by atoms with Crippen molar-refractivity contribution >= 4 is 11.6 Å². The van der Waals surface area contributed by atoms with Crippen LogP contribution in [0.1, 0.15) is 31.3 Å². The molecule has 6 nitrogen and oxygen atoms in total. The van der Waals surface area contributed by atoms with Gasteiger partial charge in [0.05, 0.1) is 18.5 Å². The Bertz CT molecular complexity index is 401. The van der Waals surface area contributed by atoms with Gasteiger partial charge in [-0.25, -0.2) is 0 Å². The second kappa shape index (κ2) is 6.39. The molecular weight excluding hydrogens is 232 g/mol. The molecule has 6 heteroatoms. The third-order valence-corrected chi connectivity index (χ3v) is 2.79. The van der Waals surface area contributed by atoms with Crippen molar-refractivity contribution in [2.24, 2.45) is 0 Å². The fourth-order valence-electron chi connectivity index (χ4n) is 1.79. The number of hydrogen-bond donors (Lipinski definition) is 1. The van der Waals surface area contributed by atoms with Crippen LogP contribution >= 0.6 is 0 Å². The van der Waals surface area contributed by atoms with Gasteiger partial charge in [0.1, 0.15) is 5.69 Å². The lowest BCUT2D eigenvalue weighted by Gasteiger charge is -2.26. The van der Waals surface area contributed by atoms with Crippen molar-refractivity contribution < 1.29 is 9.53 Å². The highest BCUT2D eigenvalue weighted by Gasteiger charge is 2.24. The minimum atomic E-state index is -0.0982. The highest BCUT2D eigenvalue weighted by Crippen LogP contribution is 2.15. The van der Waals surface area contributed by atoms with Crippen molar-refractivity contribution in [1.82, 2.24) is 14.7 Å². The van der Waals surface area contributed by atoms with Crippen LogP contribution in [-0.2, 0) is 11.3 Å². The van der Waals surface area contributed by atoms with E-state index in [1.165, 1.54) is 6.20 Å². The molecule has 0 radical (unpaired) electrons. The smallest absolute Gasteiger partial charge is 0.274 e. The third-order valence-electron chi connectivity index (χ3n) is 2.79. The second-order valence-electron chi connectivity index (χ2n) is 4.35. The Balaban J connectivity index is 2.97. The summed E-state index contributed by atoms with van der Waals surface area (Å²) in [5, 5.41) is 4.09. The van der Waals surface area contributed by atoms with Crippen LogP contribution in [0.5, 0.6) is 0 Å². The summed E-state index contributed by atoms with van der Waals surface area (Å²) in [6.45, 7) is 7.53. The van der Waals surface area contributed by atoms with E-state index in [0.29, 0.717) is 31.1 Å². The zero-order valence-corrected chi connectivity index (χ0v) is 11.5. The molecule has 1 rings (SSSR count). The Labute approximate surface area is 108 Å². The predicted molar refractivity (Wildman–Crippen MR) is 70.4 cm³/mol. The van der Waals surface area contributed by atoms with E-state index in [0.717, 1.165) is 0 Å². The first-order chi connectivity index (χ1) is 8.52. The van der Waals surface area contributed by atoms with E-state index in [9.17, 15) is 4.79 Å². The maximum atomic E-state index is 12.5. The van der Waals surface area contributed by atoms with E-state index in [2.05, 4.69) is 5.10 Å². The van der Waals surface area contributed by atoms with Gasteiger partial charge in [-0.1, -0.05) is 0 Å². The molecule has 0 aromatic carbocycles. The first kappa shape index (κ1) is 14.5. The number of carbonyl (C=O) groups excluding carboxylic acids is 1. The van der Waals surface area contributed by atoms with Gasteiger partial charge in [0.25, 0.3) is 5.91 Å². The highest BCUT2D eigenvalue weighted by molar-refractivity contribution is 5.97. The number of aromatic nitrogens is 2. The molecule has 0 saturated carbocycles. The predicted octanol–water partition coefficient (Wildman–Crippen LogP) is 0.982. The lowest BCUT2D eigenvalue weighted by molar-refractivity contribution is 0.0624. The molecule has 0 spiro atoms. The Morgan fingerprint density at radius 2 is 2.28 bits per heavy atom. The number of carbonyl (C=O) groups is 1. The lowest BCUT2D eigenvalue weighted by atomic mass is 10.2. The van der Waals surface area contributed by atoms with Crippen LogP contribution in [0.4, 0.5) is 5.69 Å². The SMILES string of the molecule is CCn1ncc(N)c1C(=O)N(CCOC)C(C)C. The number of nitrogen functional groups attached to an aromatic ring is 1. The third kappa shape index (κ3) is 3.01. The molecule has 0 atom stereocenters. The number of anilines is 1. The van der Waals surface area contributed by atoms with Gasteiger partial charge in [0.2, 0.25) is 0 Å². The molecule has 1 heterocycles. The highest BCUT2D eigenvalue weighted by atomic mass is 16.5. The van der Waals surface area contributed by atoms with Gasteiger partial charge in [-0.05, 0) is 20.8 Å². The van der Waals surface area contributed by atoms with E-state index >= 15 is 0 Å². The van der Waals surface area contributed by atoms with Crippen molar-refractivity contribution in [3.63, 3.8) is 0 Å². The van der Waals surface area contributed by atoms with Gasteiger partial charge >= 0.3 is 0 Å². The van der Waals surface area contributed by atoms with Crippen LogP contribution < -0.4 is 5.73 Å². The van der Waals surface area contributed by atoms with E-state index in [1.807, 2.05) is 20.8 Å². The molecule has 0 saturated heterocycles. The Hall–Kier alpha value is -1.56. The summed E-state index contributed by atoms with van der Waals surface area (Å²) in [4.78, 5) is 14.2. The van der Waals surface area contributed by atoms with Crippen LogP contribution in [0.15, 0.2) is 6.20 Å². The molecule has 0 unspecified atom stereocenters. The summed E-state index contributed by atoms with van der Waals surface area (Å²) in [5.74, 6) is -0.0982. The van der Waals surface area contributed by atoms with E-state index in [4.69, 9.17) is 10.5 Å². The van der Waals surface area contributed by atoms with Crippen LogP contribution in [0.2, 0.25) is 0 Å². The average molecular weight is 254 g/mol. The summed E-state index contributed by atoms with van der Waals surface area (Å²) < 4.78 is 6.65. The number of nitrogens with two attached hydrogens (primary N) is 1. The van der Waals surface area contributed by atoms with Crippen molar-refractivity contribution in [2.45, 2.75) is 33.4 Å². The first-order valence-corrected chi connectivity index (χ1v) is 6.14. The largest absolute Gasteiger partial charge is 0.396 e. The van der Waals surface area contributed by atoms with E-state index in [-0.39, 0.29) is 11.9 Å². The Morgan fingerprint density at radius 1 is 1.61 bits per heavy atom. The monoisotopic (exact) mass is 254 g/mol. The molecular formula is C12H22N4O2. The van der Waals surface area contributed by atoms with Crippen LogP contribution in [-0.4, -0.2) is 46.9 Å². The van der Waals surface area contributed by atoms with E-state index in [1.54, 1.807) is 16.7 Å². The number of amides is 1. The molecule has 0 fully saturated rings. The number of methoxy groups -OCH3 is 1. The molecule has 18 heavy (non-hydrogen) atoms. The first-order valence-electron chi connectivity index (χ1n) is 6.14. The average Bonchev–Trinajstić information content (AvgIpc) is 2.70. The minimum absolute atomic E-state index is 0.0901. The Kier molecular flexibility index (Phi) is 5.15. The maximum Gasteiger partial charge on any atom is 0.274 e. The molecule has 0 aliphatic carbocycles. The van der Waals surface area contributed by atoms with Gasteiger partial charge in [0.15, 0.2) is 0 Å². The lowest BCUT2D eigenvalue weighted by Crippen LogP contribution is -2.40. The molecule has 1 aromatic rings. The zero-order valence-electron chi connectivity index (χ0n) is 11.5. The topological polar surface area (TPSA) is 73.4 Å². The van der Waals surface area contributed by atoms with Gasteiger partial charge < -0.3 is 15.4 Å². The quantitative estimate of drug-likeness (QED) is 0.821. The van der Waals surface area contributed by atoms with Crippen molar-refractivity contribution in [1.29, 1.82) is 0 Å². The van der Waals surface area contributed by atoms with Crippen LogP contribution in [0, 0.1) is 0 Å². The van der Waals surface area contributed by atoms with Crippen molar-refractivity contribution in [3.05, 3.63) is 11.9 Å². The molecule has 0 aliphatic rings. The number of aryl methyl sites for hydroxylation is 1. The number of nitrogens with zero attached hydrogens (tertiary/aromatic N) is 3. The molecule has 2 N–H and O–H groups in total. The molecule has 102 valence electrons. The van der Waals surface area contributed by atoms with Crippen molar-refractivity contribution in [2.75, 3.05) is 26.0 Å². The fourth-order valence-corrected chi connectivity index (χ4v) is 1.79. The number of rotatable bonds is 6. The van der Waals surface area contributed by atoms with Gasteiger partial charge in [-0.2, -0.15) is 5.10 Å². The standard InChI is InChI=1S/C12H22N4O2/c1-5-16-11(10(13)8-14-16)12(17)15(9(2)3)6-7-18-4/h8-9H,5-7,13H2,1-4H3. The van der Waals surface area contributed by atoms with Gasteiger partial charge in [-0.3, -0.25) is 9.48 Å². The van der Waals surface area contributed by atoms with Crippen LogP contribution in [0.3, 0.4) is 0 Å². The normalized spacial score (nSPS) is 10.9. The summed E-state index contributed by atoms with van der Waals surface area (Å²) >= 11 is 0. The fraction of sp³-hybridized carbons (Fsp3) is 0.667. The zero-order chi connectivity index (χ0) is 13.7. The maximum absolute atomic E-state index is 12.5. The summed E-state index contributed by atoms with van der Waals surface area (Å²) in [7, 11) is 1.62. The summed E-state index contributed by atoms with van der Waals surface area (Å²) in [6.07, 6.45) is 1.52. The van der Waals surface area contributed by atoms with Gasteiger partial charge in [0, 0.05) is 26.2 Å². The van der Waals surface area contributed by atoms with Gasteiger partial charge in [-0.15, -0.1) is 0 Å². The number of ether oxygens (including phenoxy) is 1. The minimum Gasteiger partial charge on any atom is -0.396 e. The molecule has 0 bridgehead atoms.